The second-order valence-corrected chi connectivity index (χ2v) is 6.19. The van der Waals surface area contributed by atoms with Crippen molar-refractivity contribution in [3.8, 4) is 5.75 Å². The van der Waals surface area contributed by atoms with E-state index in [0.717, 1.165) is 29.8 Å². The SMILES string of the molecule is Cc1cccc(OCC(=O)Nc2cccc3c2CCCC3)c1C. The van der Waals surface area contributed by atoms with E-state index in [2.05, 4.69) is 11.4 Å². The zero-order valence-electron chi connectivity index (χ0n) is 13.8. The number of hydrogen-bond donors (Lipinski definition) is 1. The first-order valence-electron chi connectivity index (χ1n) is 8.25. The second kappa shape index (κ2) is 6.86. The molecule has 0 fully saturated rings. The lowest BCUT2D eigenvalue weighted by molar-refractivity contribution is -0.118. The van der Waals surface area contributed by atoms with Crippen molar-refractivity contribution in [1.29, 1.82) is 0 Å². The Morgan fingerprint density at radius 1 is 1.09 bits per heavy atom. The Morgan fingerprint density at radius 2 is 1.87 bits per heavy atom. The van der Waals surface area contributed by atoms with Gasteiger partial charge in [-0.25, -0.2) is 0 Å². The highest BCUT2D eigenvalue weighted by molar-refractivity contribution is 5.92. The van der Waals surface area contributed by atoms with Gasteiger partial charge < -0.3 is 10.1 Å². The van der Waals surface area contributed by atoms with E-state index >= 15 is 0 Å². The summed E-state index contributed by atoms with van der Waals surface area (Å²) >= 11 is 0. The first-order valence-corrected chi connectivity index (χ1v) is 8.25. The van der Waals surface area contributed by atoms with Gasteiger partial charge in [0.2, 0.25) is 0 Å². The van der Waals surface area contributed by atoms with Crippen molar-refractivity contribution in [2.45, 2.75) is 39.5 Å². The lowest BCUT2D eigenvalue weighted by Crippen LogP contribution is -2.22. The van der Waals surface area contributed by atoms with Crippen LogP contribution in [-0.4, -0.2) is 12.5 Å². The maximum atomic E-state index is 12.2. The van der Waals surface area contributed by atoms with Crippen LogP contribution < -0.4 is 10.1 Å². The van der Waals surface area contributed by atoms with Gasteiger partial charge in [-0.05, 0) is 73.9 Å². The third-order valence-corrected chi connectivity index (χ3v) is 4.58. The van der Waals surface area contributed by atoms with Crippen molar-refractivity contribution in [2.24, 2.45) is 0 Å². The number of nitrogens with one attached hydrogen (secondary N) is 1. The van der Waals surface area contributed by atoms with Gasteiger partial charge in [-0.3, -0.25) is 4.79 Å². The zero-order chi connectivity index (χ0) is 16.2. The summed E-state index contributed by atoms with van der Waals surface area (Å²) in [6, 6.07) is 12.1. The van der Waals surface area contributed by atoms with Gasteiger partial charge in [-0.2, -0.15) is 0 Å². The highest BCUT2D eigenvalue weighted by Gasteiger charge is 2.14. The van der Waals surface area contributed by atoms with Gasteiger partial charge in [0.25, 0.3) is 5.91 Å². The number of carbonyl (C=O) groups is 1. The van der Waals surface area contributed by atoms with Crippen molar-refractivity contribution >= 4 is 11.6 Å². The number of aryl methyl sites for hydroxylation is 2. The molecule has 0 heterocycles. The molecule has 2 aromatic rings. The molecule has 120 valence electrons. The molecule has 0 radical (unpaired) electrons. The summed E-state index contributed by atoms with van der Waals surface area (Å²) < 4.78 is 5.68. The molecule has 0 unspecified atom stereocenters. The molecule has 0 atom stereocenters. The van der Waals surface area contributed by atoms with E-state index in [-0.39, 0.29) is 12.5 Å². The third kappa shape index (κ3) is 3.55. The minimum Gasteiger partial charge on any atom is -0.483 e. The van der Waals surface area contributed by atoms with Crippen LogP contribution in [0.15, 0.2) is 36.4 Å². The molecule has 0 aromatic heterocycles. The molecule has 23 heavy (non-hydrogen) atoms. The topological polar surface area (TPSA) is 38.3 Å². The maximum absolute atomic E-state index is 12.2. The smallest absolute Gasteiger partial charge is 0.262 e. The van der Waals surface area contributed by atoms with Crippen LogP contribution in [0.2, 0.25) is 0 Å². The van der Waals surface area contributed by atoms with Gasteiger partial charge in [0.1, 0.15) is 5.75 Å². The lowest BCUT2D eigenvalue weighted by atomic mass is 9.90. The molecule has 0 aliphatic heterocycles. The molecule has 0 spiro atoms. The van der Waals surface area contributed by atoms with Gasteiger partial charge in [0.05, 0.1) is 0 Å². The molecule has 0 saturated heterocycles. The molecule has 2 aromatic carbocycles. The fraction of sp³-hybridized carbons (Fsp3) is 0.350. The maximum Gasteiger partial charge on any atom is 0.262 e. The van der Waals surface area contributed by atoms with E-state index in [1.807, 2.05) is 44.2 Å². The molecule has 1 amide bonds. The van der Waals surface area contributed by atoms with Crippen molar-refractivity contribution in [3.63, 3.8) is 0 Å². The molecule has 0 bridgehead atoms. The average molecular weight is 309 g/mol. The summed E-state index contributed by atoms with van der Waals surface area (Å²) in [5, 5.41) is 3.01. The normalized spacial score (nSPS) is 13.3. The van der Waals surface area contributed by atoms with Crippen LogP contribution in [0.5, 0.6) is 5.75 Å². The second-order valence-electron chi connectivity index (χ2n) is 6.19. The number of carbonyl (C=O) groups excluding carboxylic acids is 1. The summed E-state index contributed by atoms with van der Waals surface area (Å²) in [4.78, 5) is 12.2. The number of hydrogen-bond acceptors (Lipinski definition) is 2. The fourth-order valence-electron chi connectivity index (χ4n) is 3.11. The van der Waals surface area contributed by atoms with Crippen molar-refractivity contribution in [2.75, 3.05) is 11.9 Å². The number of fused-ring (bicyclic) bond motifs is 1. The van der Waals surface area contributed by atoms with E-state index in [4.69, 9.17) is 4.74 Å². The summed E-state index contributed by atoms with van der Waals surface area (Å²) in [5.41, 5.74) is 5.84. The highest BCUT2D eigenvalue weighted by Crippen LogP contribution is 2.28. The van der Waals surface area contributed by atoms with Gasteiger partial charge in [-0.15, -0.1) is 0 Å². The molecule has 1 N–H and O–H groups in total. The van der Waals surface area contributed by atoms with Crippen LogP contribution in [0, 0.1) is 13.8 Å². The van der Waals surface area contributed by atoms with Crippen LogP contribution in [0.4, 0.5) is 5.69 Å². The van der Waals surface area contributed by atoms with Gasteiger partial charge in [-0.1, -0.05) is 24.3 Å². The zero-order valence-corrected chi connectivity index (χ0v) is 13.8. The monoisotopic (exact) mass is 309 g/mol. The molecule has 3 nitrogen and oxygen atoms in total. The number of anilines is 1. The lowest BCUT2D eigenvalue weighted by Gasteiger charge is -2.19. The molecule has 0 saturated carbocycles. The third-order valence-electron chi connectivity index (χ3n) is 4.58. The Kier molecular flexibility index (Phi) is 4.65. The average Bonchev–Trinajstić information content (AvgIpc) is 2.56. The highest BCUT2D eigenvalue weighted by atomic mass is 16.5. The van der Waals surface area contributed by atoms with Gasteiger partial charge in [0.15, 0.2) is 6.61 Å². The molecule has 1 aliphatic rings. The van der Waals surface area contributed by atoms with E-state index in [1.54, 1.807) is 0 Å². The standard InChI is InChI=1S/C20H23NO2/c1-14-7-5-12-19(15(14)2)23-13-20(22)21-18-11-6-9-16-8-3-4-10-17(16)18/h5-7,9,11-12H,3-4,8,10,13H2,1-2H3,(H,21,22). The first kappa shape index (κ1) is 15.6. The summed E-state index contributed by atoms with van der Waals surface area (Å²) in [6.45, 7) is 4.09. The number of benzene rings is 2. The number of amides is 1. The first-order chi connectivity index (χ1) is 11.1. The Labute approximate surface area is 137 Å². The Hall–Kier alpha value is -2.29. The largest absolute Gasteiger partial charge is 0.483 e. The van der Waals surface area contributed by atoms with Crippen LogP contribution in [0.25, 0.3) is 0 Å². The van der Waals surface area contributed by atoms with E-state index < -0.39 is 0 Å². The summed E-state index contributed by atoms with van der Waals surface area (Å²) in [6.07, 6.45) is 4.58. The van der Waals surface area contributed by atoms with Crippen LogP contribution in [0.1, 0.15) is 35.1 Å². The molecular weight excluding hydrogens is 286 g/mol. The quantitative estimate of drug-likeness (QED) is 0.919. The fourth-order valence-corrected chi connectivity index (χ4v) is 3.11. The number of rotatable bonds is 4. The molecule has 1 aliphatic carbocycles. The predicted octanol–water partition coefficient (Wildman–Crippen LogP) is 4.20. The van der Waals surface area contributed by atoms with Crippen LogP contribution in [-0.2, 0) is 17.6 Å². The van der Waals surface area contributed by atoms with E-state index in [0.29, 0.717) is 0 Å². The summed E-state index contributed by atoms with van der Waals surface area (Å²) in [7, 11) is 0. The van der Waals surface area contributed by atoms with Crippen molar-refractivity contribution < 1.29 is 9.53 Å². The Balaban J connectivity index is 1.65. The molecule has 3 rings (SSSR count). The summed E-state index contributed by atoms with van der Waals surface area (Å²) in [5.74, 6) is 0.667. The van der Waals surface area contributed by atoms with Crippen molar-refractivity contribution in [3.05, 3.63) is 58.7 Å². The minimum absolute atomic E-state index is 0.0357. The number of ether oxygens (including phenoxy) is 1. The predicted molar refractivity (Wildman–Crippen MR) is 93.1 cm³/mol. The van der Waals surface area contributed by atoms with Crippen molar-refractivity contribution in [1.82, 2.24) is 0 Å². The van der Waals surface area contributed by atoms with Gasteiger partial charge in [0, 0.05) is 5.69 Å². The Bertz CT molecular complexity index is 722. The van der Waals surface area contributed by atoms with Gasteiger partial charge >= 0.3 is 0 Å². The van der Waals surface area contributed by atoms with Crippen LogP contribution >= 0.6 is 0 Å². The molecule has 3 heteroatoms. The van der Waals surface area contributed by atoms with E-state index in [1.165, 1.54) is 29.5 Å². The van der Waals surface area contributed by atoms with Crippen LogP contribution in [0.3, 0.4) is 0 Å². The molecular formula is C20H23NO2. The minimum atomic E-state index is -0.107. The van der Waals surface area contributed by atoms with E-state index in [9.17, 15) is 4.79 Å². The Morgan fingerprint density at radius 3 is 2.74 bits per heavy atom.